The highest BCUT2D eigenvalue weighted by Crippen LogP contribution is 2.42. The van der Waals surface area contributed by atoms with Gasteiger partial charge in [-0.2, -0.15) is 0 Å². The molecule has 3 rings (SSSR count). The van der Waals surface area contributed by atoms with Crippen molar-refractivity contribution in [2.24, 2.45) is 5.92 Å². The van der Waals surface area contributed by atoms with Crippen LogP contribution in [-0.2, 0) is 9.59 Å². The smallest absolute Gasteiger partial charge is 0.232 e. The molecule has 1 aliphatic rings. The summed E-state index contributed by atoms with van der Waals surface area (Å²) in [6, 6.07) is 12.8. The molecule has 7 heteroatoms. The zero-order valence-corrected chi connectivity index (χ0v) is 16.5. The van der Waals surface area contributed by atoms with E-state index < -0.39 is 5.92 Å². The van der Waals surface area contributed by atoms with Gasteiger partial charge in [-0.05, 0) is 12.1 Å². The molecular formula is C21H24N2O5. The first-order valence-electron chi connectivity index (χ1n) is 8.93. The summed E-state index contributed by atoms with van der Waals surface area (Å²) in [7, 11) is 6.29. The Morgan fingerprint density at radius 3 is 2.18 bits per heavy atom. The molecule has 0 saturated carbocycles. The van der Waals surface area contributed by atoms with E-state index in [1.165, 1.54) is 21.3 Å². The van der Waals surface area contributed by atoms with E-state index >= 15 is 0 Å². The Balaban J connectivity index is 1.84. The molecule has 1 aliphatic heterocycles. The summed E-state index contributed by atoms with van der Waals surface area (Å²) in [6.45, 7) is 0.299. The Kier molecular flexibility index (Phi) is 5.73. The summed E-state index contributed by atoms with van der Waals surface area (Å²) in [4.78, 5) is 28.7. The van der Waals surface area contributed by atoms with Gasteiger partial charge in [-0.1, -0.05) is 18.2 Å². The fourth-order valence-corrected chi connectivity index (χ4v) is 3.40. The van der Waals surface area contributed by atoms with Crippen molar-refractivity contribution in [3.05, 3.63) is 42.5 Å². The number of nitrogens with zero attached hydrogens (tertiary/aromatic N) is 2. The molecule has 1 atom stereocenters. The van der Waals surface area contributed by atoms with Crippen molar-refractivity contribution in [3.8, 4) is 17.2 Å². The maximum Gasteiger partial charge on any atom is 0.232 e. The van der Waals surface area contributed by atoms with Gasteiger partial charge in [0.1, 0.15) is 0 Å². The van der Waals surface area contributed by atoms with E-state index in [0.29, 0.717) is 29.5 Å². The molecule has 7 nitrogen and oxygen atoms in total. The van der Waals surface area contributed by atoms with Gasteiger partial charge in [0.25, 0.3) is 0 Å². The second kappa shape index (κ2) is 8.21. The molecule has 2 aromatic rings. The van der Waals surface area contributed by atoms with E-state index in [2.05, 4.69) is 0 Å². The second-order valence-electron chi connectivity index (χ2n) is 6.52. The standard InChI is InChI=1S/C21H24N2O5/c1-22(15-8-6-5-7-9-15)21(25)14-10-19(24)23(13-14)16-11-17(26-2)20(28-4)18(12-16)27-3/h5-9,11-12,14H,10,13H2,1-4H3. The van der Waals surface area contributed by atoms with E-state index in [1.807, 2.05) is 30.3 Å². The van der Waals surface area contributed by atoms with Gasteiger partial charge in [0, 0.05) is 37.8 Å². The Bertz CT molecular complexity index is 843. The summed E-state index contributed by atoms with van der Waals surface area (Å²) < 4.78 is 16.1. The molecule has 1 saturated heterocycles. The Morgan fingerprint density at radius 2 is 1.64 bits per heavy atom. The zero-order chi connectivity index (χ0) is 20.3. The van der Waals surface area contributed by atoms with Gasteiger partial charge in [-0.15, -0.1) is 0 Å². The number of para-hydroxylation sites is 1. The molecule has 1 heterocycles. The lowest BCUT2D eigenvalue weighted by molar-refractivity contribution is -0.124. The van der Waals surface area contributed by atoms with Crippen LogP contribution < -0.4 is 24.0 Å². The Morgan fingerprint density at radius 1 is 1.04 bits per heavy atom. The maximum atomic E-state index is 12.9. The fourth-order valence-electron chi connectivity index (χ4n) is 3.40. The number of benzene rings is 2. The van der Waals surface area contributed by atoms with E-state index in [0.717, 1.165) is 5.69 Å². The molecule has 1 fully saturated rings. The lowest BCUT2D eigenvalue weighted by Crippen LogP contribution is -2.34. The molecule has 28 heavy (non-hydrogen) atoms. The van der Waals surface area contributed by atoms with Gasteiger partial charge >= 0.3 is 0 Å². The molecule has 0 N–H and O–H groups in total. The Hall–Kier alpha value is -3.22. The lowest BCUT2D eigenvalue weighted by Gasteiger charge is -2.22. The first-order valence-corrected chi connectivity index (χ1v) is 8.93. The molecule has 0 bridgehead atoms. The monoisotopic (exact) mass is 384 g/mol. The minimum atomic E-state index is -0.420. The largest absolute Gasteiger partial charge is 0.493 e. The highest BCUT2D eigenvalue weighted by molar-refractivity contribution is 6.04. The number of hydrogen-bond donors (Lipinski definition) is 0. The summed E-state index contributed by atoms with van der Waals surface area (Å²) in [6.07, 6.45) is 0.159. The van der Waals surface area contributed by atoms with Crippen LogP contribution in [0.25, 0.3) is 0 Å². The van der Waals surface area contributed by atoms with Crippen LogP contribution in [0.4, 0.5) is 11.4 Å². The van der Waals surface area contributed by atoms with E-state index in [1.54, 1.807) is 29.0 Å². The van der Waals surface area contributed by atoms with Crippen LogP contribution in [0.1, 0.15) is 6.42 Å². The van der Waals surface area contributed by atoms with E-state index in [4.69, 9.17) is 14.2 Å². The summed E-state index contributed by atoms with van der Waals surface area (Å²) in [5, 5.41) is 0. The summed E-state index contributed by atoms with van der Waals surface area (Å²) in [5.41, 5.74) is 1.41. The number of hydrogen-bond acceptors (Lipinski definition) is 5. The quantitative estimate of drug-likeness (QED) is 0.766. The van der Waals surface area contributed by atoms with Crippen molar-refractivity contribution in [2.75, 3.05) is 44.7 Å². The molecule has 0 aromatic heterocycles. The molecular weight excluding hydrogens is 360 g/mol. The first kappa shape index (κ1) is 19.5. The molecule has 0 spiro atoms. The van der Waals surface area contributed by atoms with Crippen molar-refractivity contribution in [1.82, 2.24) is 0 Å². The highest BCUT2D eigenvalue weighted by Gasteiger charge is 2.37. The van der Waals surface area contributed by atoms with E-state index in [-0.39, 0.29) is 18.2 Å². The molecule has 2 amide bonds. The number of amides is 2. The number of anilines is 2. The molecule has 1 unspecified atom stereocenters. The topological polar surface area (TPSA) is 68.3 Å². The normalized spacial score (nSPS) is 16.1. The number of ether oxygens (including phenoxy) is 3. The van der Waals surface area contributed by atoms with Crippen LogP contribution in [0.15, 0.2) is 42.5 Å². The van der Waals surface area contributed by atoms with Crippen LogP contribution in [0.3, 0.4) is 0 Å². The van der Waals surface area contributed by atoms with Gasteiger partial charge in [0.05, 0.1) is 32.9 Å². The zero-order valence-electron chi connectivity index (χ0n) is 16.5. The van der Waals surface area contributed by atoms with E-state index in [9.17, 15) is 9.59 Å². The molecule has 0 radical (unpaired) electrons. The third kappa shape index (κ3) is 3.60. The van der Waals surface area contributed by atoms with Crippen molar-refractivity contribution in [3.63, 3.8) is 0 Å². The SMILES string of the molecule is COc1cc(N2CC(C(=O)N(C)c3ccccc3)CC2=O)cc(OC)c1OC. The van der Waals surface area contributed by atoms with Gasteiger partial charge in [-0.3, -0.25) is 9.59 Å². The second-order valence-corrected chi connectivity index (χ2v) is 6.52. The minimum absolute atomic E-state index is 0.0884. The fraction of sp³-hybridized carbons (Fsp3) is 0.333. The number of carbonyl (C=O) groups is 2. The predicted molar refractivity (Wildman–Crippen MR) is 106 cm³/mol. The van der Waals surface area contributed by atoms with Crippen LogP contribution in [-0.4, -0.2) is 46.7 Å². The van der Waals surface area contributed by atoms with Crippen LogP contribution in [0.5, 0.6) is 17.2 Å². The average Bonchev–Trinajstić information content (AvgIpc) is 3.13. The molecule has 2 aromatic carbocycles. The van der Waals surface area contributed by atoms with Crippen LogP contribution in [0.2, 0.25) is 0 Å². The predicted octanol–water partition coefficient (Wildman–Crippen LogP) is 2.73. The maximum absolute atomic E-state index is 12.9. The third-order valence-corrected chi connectivity index (χ3v) is 4.91. The van der Waals surface area contributed by atoms with Gasteiger partial charge in [-0.25, -0.2) is 0 Å². The van der Waals surface area contributed by atoms with Gasteiger partial charge in [0.15, 0.2) is 11.5 Å². The minimum Gasteiger partial charge on any atom is -0.493 e. The number of carbonyl (C=O) groups excluding carboxylic acids is 2. The van der Waals surface area contributed by atoms with Crippen LogP contribution >= 0.6 is 0 Å². The Labute approximate surface area is 164 Å². The summed E-state index contributed by atoms with van der Waals surface area (Å²) in [5.74, 6) is 0.749. The molecule has 0 aliphatic carbocycles. The number of methoxy groups -OCH3 is 3. The van der Waals surface area contributed by atoms with Crippen molar-refractivity contribution in [2.45, 2.75) is 6.42 Å². The van der Waals surface area contributed by atoms with Gasteiger partial charge in [0.2, 0.25) is 17.6 Å². The van der Waals surface area contributed by atoms with Crippen molar-refractivity contribution in [1.29, 1.82) is 0 Å². The van der Waals surface area contributed by atoms with Crippen molar-refractivity contribution < 1.29 is 23.8 Å². The van der Waals surface area contributed by atoms with Gasteiger partial charge < -0.3 is 24.0 Å². The lowest BCUT2D eigenvalue weighted by atomic mass is 10.1. The third-order valence-electron chi connectivity index (χ3n) is 4.91. The summed E-state index contributed by atoms with van der Waals surface area (Å²) >= 11 is 0. The van der Waals surface area contributed by atoms with Crippen molar-refractivity contribution >= 4 is 23.2 Å². The first-order chi connectivity index (χ1) is 13.5. The average molecular weight is 384 g/mol. The van der Waals surface area contributed by atoms with Crippen LogP contribution in [0, 0.1) is 5.92 Å². The molecule has 148 valence electrons. The number of rotatable bonds is 6. The highest BCUT2D eigenvalue weighted by atomic mass is 16.5.